The van der Waals surface area contributed by atoms with E-state index < -0.39 is 70.0 Å². The number of amides is 4. The second-order valence-corrected chi connectivity index (χ2v) is 13.4. The van der Waals surface area contributed by atoms with E-state index in [9.17, 15) is 38.7 Å². The predicted octanol–water partition coefficient (Wildman–Crippen LogP) is 2.99. The Bertz CT molecular complexity index is 1910. The van der Waals surface area contributed by atoms with Crippen LogP contribution in [-0.4, -0.2) is 62.8 Å². The lowest BCUT2D eigenvalue weighted by Crippen LogP contribution is -2.60. The highest BCUT2D eigenvalue weighted by Gasteiger charge is 2.76. The van der Waals surface area contributed by atoms with Crippen LogP contribution in [0.1, 0.15) is 24.3 Å². The Hall–Kier alpha value is -4.23. The van der Waals surface area contributed by atoms with Crippen molar-refractivity contribution < 1.29 is 43.5 Å². The van der Waals surface area contributed by atoms with Crippen molar-refractivity contribution in [1.29, 1.82) is 0 Å². The van der Waals surface area contributed by atoms with Crippen LogP contribution in [0.15, 0.2) is 78.4 Å². The molecule has 4 amide bonds. The molecule has 0 aromatic heterocycles. The van der Waals surface area contributed by atoms with E-state index in [4.69, 9.17) is 27.9 Å². The number of carbonyl (C=O) groups excluding carboxylic acids is 4. The molecule has 0 bridgehead atoms. The first kappa shape index (κ1) is 31.4. The van der Waals surface area contributed by atoms with E-state index in [1.807, 2.05) is 0 Å². The zero-order chi connectivity index (χ0) is 33.6. The number of nitrogens with zero attached hydrogens (tertiary/aromatic N) is 2. The molecule has 6 atom stereocenters. The summed E-state index contributed by atoms with van der Waals surface area (Å²) in [5, 5.41) is 30.2. The van der Waals surface area contributed by atoms with Gasteiger partial charge >= 0.3 is 7.12 Å². The molecule has 10 nitrogen and oxygen atoms in total. The summed E-state index contributed by atoms with van der Waals surface area (Å²) in [6, 6.07) is 14.9. The molecule has 0 radical (unpaired) electrons. The molecule has 2 aliphatic heterocycles. The molecule has 1 saturated carbocycles. The van der Waals surface area contributed by atoms with Gasteiger partial charge in [-0.15, -0.1) is 23.2 Å². The van der Waals surface area contributed by atoms with Crippen molar-refractivity contribution in [2.45, 2.75) is 28.5 Å². The fraction of sp³-hybridized carbons (Fsp3) is 0.273. The SMILES string of the molecule is COc1ccc(C2C3=CCC4C(=O)N(c5cccc(B(O)O)c5)C(=O)C4C3CC3(Cl)C(=O)N(c4ccc(F)cc4)C(=O)C23Cl)cc1O. The third-order valence-corrected chi connectivity index (χ3v) is 11.3. The molecule has 0 spiro atoms. The highest BCUT2D eigenvalue weighted by molar-refractivity contribution is 6.59. The number of phenolic OH excluding ortho intramolecular Hbond substituents is 1. The van der Waals surface area contributed by atoms with Crippen LogP contribution < -0.4 is 20.0 Å². The van der Waals surface area contributed by atoms with Crippen LogP contribution in [0.25, 0.3) is 0 Å². The van der Waals surface area contributed by atoms with Gasteiger partial charge in [0.15, 0.2) is 21.2 Å². The van der Waals surface area contributed by atoms with E-state index in [2.05, 4.69) is 0 Å². The van der Waals surface area contributed by atoms with Gasteiger partial charge in [-0.1, -0.05) is 29.8 Å². The number of benzene rings is 3. The summed E-state index contributed by atoms with van der Waals surface area (Å²) in [5.41, 5.74) is 1.10. The number of hydrogen-bond acceptors (Lipinski definition) is 8. The summed E-state index contributed by atoms with van der Waals surface area (Å²) in [6.07, 6.45) is 1.57. The monoisotopic (exact) mass is 678 g/mol. The molecular formula is C33H26BCl2FN2O8. The molecule has 7 rings (SSSR count). The molecule has 14 heteroatoms. The largest absolute Gasteiger partial charge is 0.504 e. The first-order valence-electron chi connectivity index (χ1n) is 14.8. The van der Waals surface area contributed by atoms with Crippen LogP contribution in [0.4, 0.5) is 15.8 Å². The second-order valence-electron chi connectivity index (χ2n) is 12.2. The summed E-state index contributed by atoms with van der Waals surface area (Å²) in [7, 11) is -0.464. The van der Waals surface area contributed by atoms with Crippen molar-refractivity contribution in [3.05, 3.63) is 89.8 Å². The molecule has 4 aliphatic rings. The highest BCUT2D eigenvalue weighted by atomic mass is 35.5. The van der Waals surface area contributed by atoms with Gasteiger partial charge in [0.25, 0.3) is 11.8 Å². The third kappa shape index (κ3) is 4.31. The number of hydrogen-bond donors (Lipinski definition) is 3. The topological polar surface area (TPSA) is 145 Å². The van der Waals surface area contributed by atoms with Crippen LogP contribution in [0.5, 0.6) is 11.5 Å². The van der Waals surface area contributed by atoms with E-state index in [1.54, 1.807) is 12.1 Å². The number of phenols is 1. The highest BCUT2D eigenvalue weighted by Crippen LogP contribution is 2.66. The number of aromatic hydroxyl groups is 1. The minimum absolute atomic E-state index is 0.0475. The number of ether oxygens (including phenoxy) is 1. The Balaban J connectivity index is 1.38. The Morgan fingerprint density at radius 2 is 1.62 bits per heavy atom. The molecule has 6 unspecified atom stereocenters. The maximum atomic E-state index is 14.4. The number of methoxy groups -OCH3 is 1. The Morgan fingerprint density at radius 1 is 0.894 bits per heavy atom. The summed E-state index contributed by atoms with van der Waals surface area (Å²) < 4.78 is 19.0. The molecule has 3 aromatic rings. The predicted molar refractivity (Wildman–Crippen MR) is 170 cm³/mol. The Labute approximate surface area is 278 Å². The third-order valence-electron chi connectivity index (χ3n) is 9.86. The van der Waals surface area contributed by atoms with Crippen molar-refractivity contribution in [1.82, 2.24) is 0 Å². The molecular weight excluding hydrogens is 653 g/mol. The summed E-state index contributed by atoms with van der Waals surface area (Å²) in [5.74, 6) is -7.36. The molecule has 3 aromatic carbocycles. The van der Waals surface area contributed by atoms with Crippen molar-refractivity contribution in [3.63, 3.8) is 0 Å². The van der Waals surface area contributed by atoms with E-state index in [0.717, 1.165) is 21.9 Å². The van der Waals surface area contributed by atoms with Gasteiger partial charge in [-0.25, -0.2) is 9.29 Å². The van der Waals surface area contributed by atoms with E-state index in [0.29, 0.717) is 11.1 Å². The van der Waals surface area contributed by atoms with Crippen LogP contribution >= 0.6 is 23.2 Å². The second kappa shape index (κ2) is 10.9. The van der Waals surface area contributed by atoms with Gasteiger partial charge in [0.05, 0.1) is 30.3 Å². The first-order valence-corrected chi connectivity index (χ1v) is 15.5. The maximum Gasteiger partial charge on any atom is 0.488 e. The van der Waals surface area contributed by atoms with E-state index in [-0.39, 0.29) is 41.2 Å². The summed E-state index contributed by atoms with van der Waals surface area (Å²) in [4.78, 5) is 54.3. The number of allylic oxidation sites excluding steroid dienone is 2. The lowest BCUT2D eigenvalue weighted by atomic mass is 9.56. The van der Waals surface area contributed by atoms with Crippen LogP contribution in [-0.2, 0) is 19.2 Å². The Morgan fingerprint density at radius 3 is 2.28 bits per heavy atom. The van der Waals surface area contributed by atoms with Gasteiger partial charge in [-0.2, -0.15) is 0 Å². The van der Waals surface area contributed by atoms with E-state index in [1.165, 1.54) is 55.6 Å². The number of alkyl halides is 2. The van der Waals surface area contributed by atoms with Crippen molar-refractivity contribution in [3.8, 4) is 11.5 Å². The van der Waals surface area contributed by atoms with Crippen LogP contribution in [0.2, 0.25) is 0 Å². The van der Waals surface area contributed by atoms with Crippen LogP contribution in [0.3, 0.4) is 0 Å². The number of halogens is 3. The van der Waals surface area contributed by atoms with Gasteiger partial charge in [-0.3, -0.25) is 24.1 Å². The summed E-state index contributed by atoms with van der Waals surface area (Å²) >= 11 is 14.7. The fourth-order valence-corrected chi connectivity index (χ4v) is 8.67. The number of imide groups is 2. The van der Waals surface area contributed by atoms with Gasteiger partial charge in [0.1, 0.15) is 5.82 Å². The molecule has 2 aliphatic carbocycles. The molecule has 3 fully saturated rings. The molecule has 240 valence electrons. The lowest BCUT2D eigenvalue weighted by molar-refractivity contribution is -0.125. The average Bonchev–Trinajstić information content (AvgIpc) is 3.39. The first-order chi connectivity index (χ1) is 22.3. The number of rotatable bonds is 5. The number of fused-ring (bicyclic) bond motifs is 4. The minimum atomic E-state index is -2.16. The van der Waals surface area contributed by atoms with Crippen LogP contribution in [0, 0.1) is 23.6 Å². The van der Waals surface area contributed by atoms with Crippen molar-refractivity contribution in [2.24, 2.45) is 17.8 Å². The zero-order valence-electron chi connectivity index (χ0n) is 24.6. The van der Waals surface area contributed by atoms with Gasteiger partial charge in [0.2, 0.25) is 11.8 Å². The number of anilines is 2. The van der Waals surface area contributed by atoms with Gasteiger partial charge < -0.3 is 19.9 Å². The van der Waals surface area contributed by atoms with Gasteiger partial charge in [0, 0.05) is 5.92 Å². The smallest absolute Gasteiger partial charge is 0.488 e. The quantitative estimate of drug-likeness (QED) is 0.162. The fourth-order valence-electron chi connectivity index (χ4n) is 7.74. The molecule has 3 N–H and O–H groups in total. The zero-order valence-corrected chi connectivity index (χ0v) is 26.2. The maximum absolute atomic E-state index is 14.4. The normalized spacial score (nSPS) is 29.8. The lowest BCUT2D eigenvalue weighted by Gasteiger charge is -2.50. The molecule has 47 heavy (non-hydrogen) atoms. The van der Waals surface area contributed by atoms with Crippen molar-refractivity contribution in [2.75, 3.05) is 16.9 Å². The van der Waals surface area contributed by atoms with Gasteiger partial charge in [-0.05, 0) is 78.3 Å². The molecule has 2 heterocycles. The number of carbonyl (C=O) groups is 4. The van der Waals surface area contributed by atoms with E-state index >= 15 is 0 Å². The minimum Gasteiger partial charge on any atom is -0.504 e. The summed E-state index contributed by atoms with van der Waals surface area (Å²) in [6.45, 7) is 0. The standard InChI is InChI=1S/C33H26BCl2FN2O8/c1-47-25-12-5-16(13-24(25)40)27-21-10-11-22-26(29(42)38(28(22)41)20-4-2-3-17(14-20)34(45)46)23(21)15-32(35)30(43)39(31(44)33(27,32)36)19-8-6-18(37)7-9-19/h2-10,12-14,22-23,26-27,40,45-46H,11,15H2,1H3. The average molecular weight is 679 g/mol. The Kier molecular flexibility index (Phi) is 7.29. The molecule has 2 saturated heterocycles. The van der Waals surface area contributed by atoms with Crippen molar-refractivity contribution >= 4 is 70.8 Å².